The van der Waals surface area contributed by atoms with Crippen LogP contribution in [-0.2, 0) is 11.3 Å². The second-order valence-corrected chi connectivity index (χ2v) is 12.4. The van der Waals surface area contributed by atoms with Crippen molar-refractivity contribution >= 4 is 28.5 Å². The first-order valence-corrected chi connectivity index (χ1v) is 16.6. The molecule has 1 saturated heterocycles. The Bertz CT molecular complexity index is 1700. The minimum atomic E-state index is -0.138. The summed E-state index contributed by atoms with van der Waals surface area (Å²) in [5, 5.41) is 0. The molecule has 5 rings (SSSR count). The number of para-hydroxylation sites is 2. The zero-order valence-electron chi connectivity index (χ0n) is 28.6. The Hall–Kier alpha value is -4.70. The quantitative estimate of drug-likeness (QED) is 0.147. The van der Waals surface area contributed by atoms with Crippen LogP contribution in [0.2, 0.25) is 0 Å². The molecule has 1 aliphatic heterocycles. The first kappa shape index (κ1) is 34.6. The molecule has 1 fully saturated rings. The number of rotatable bonds is 15. The summed E-state index contributed by atoms with van der Waals surface area (Å²) in [5.74, 6) is 1.62. The van der Waals surface area contributed by atoms with E-state index in [0.717, 1.165) is 49.9 Å². The van der Waals surface area contributed by atoms with Gasteiger partial charge in [0.15, 0.2) is 23.1 Å². The van der Waals surface area contributed by atoms with E-state index in [1.807, 2.05) is 56.4 Å². The number of imidazole rings is 1. The van der Waals surface area contributed by atoms with Crippen LogP contribution in [0.25, 0.3) is 11.0 Å². The number of ketones is 2. The van der Waals surface area contributed by atoms with E-state index in [-0.39, 0.29) is 35.9 Å². The van der Waals surface area contributed by atoms with Crippen LogP contribution in [0.15, 0.2) is 66.7 Å². The predicted octanol–water partition coefficient (Wildman–Crippen LogP) is 5.88. The van der Waals surface area contributed by atoms with Gasteiger partial charge in [-0.2, -0.15) is 0 Å². The fourth-order valence-corrected chi connectivity index (χ4v) is 6.58. The lowest BCUT2D eigenvalue weighted by atomic mass is 9.90. The van der Waals surface area contributed by atoms with Crippen molar-refractivity contribution in [3.63, 3.8) is 0 Å². The Labute approximate surface area is 282 Å². The summed E-state index contributed by atoms with van der Waals surface area (Å²) >= 11 is 0. The number of aromatic nitrogens is 2. The van der Waals surface area contributed by atoms with Gasteiger partial charge in [0, 0.05) is 37.4 Å². The van der Waals surface area contributed by atoms with E-state index in [1.54, 1.807) is 21.6 Å². The van der Waals surface area contributed by atoms with E-state index in [9.17, 15) is 14.4 Å². The Morgan fingerprint density at radius 3 is 2.19 bits per heavy atom. The number of benzene rings is 3. The number of likely N-dealkylation sites (N-methyl/N-ethyl adjacent to an activating group) is 1. The van der Waals surface area contributed by atoms with Crippen LogP contribution in [0.4, 0.5) is 0 Å². The third-order valence-corrected chi connectivity index (χ3v) is 9.38. The fraction of sp³-hybridized carbons (Fsp3) is 0.421. The number of methoxy groups -OCH3 is 3. The second-order valence-electron chi connectivity index (χ2n) is 12.4. The van der Waals surface area contributed by atoms with Crippen molar-refractivity contribution in [2.75, 3.05) is 54.6 Å². The smallest absolute Gasteiger partial charge is 0.253 e. The van der Waals surface area contributed by atoms with Gasteiger partial charge in [0.1, 0.15) is 0 Å². The van der Waals surface area contributed by atoms with Gasteiger partial charge in [0.05, 0.1) is 38.9 Å². The molecule has 0 spiro atoms. The van der Waals surface area contributed by atoms with Gasteiger partial charge in [0.25, 0.3) is 5.91 Å². The molecule has 1 aromatic heterocycles. The van der Waals surface area contributed by atoms with Crippen molar-refractivity contribution in [3.05, 3.63) is 83.7 Å². The van der Waals surface area contributed by atoms with Gasteiger partial charge in [0.2, 0.25) is 11.5 Å². The van der Waals surface area contributed by atoms with Crippen molar-refractivity contribution < 1.29 is 28.6 Å². The zero-order chi connectivity index (χ0) is 34.2. The molecule has 254 valence electrons. The maximum Gasteiger partial charge on any atom is 0.253 e. The van der Waals surface area contributed by atoms with Crippen molar-refractivity contribution in [1.82, 2.24) is 19.4 Å². The van der Waals surface area contributed by atoms with Crippen LogP contribution in [0.5, 0.6) is 17.2 Å². The summed E-state index contributed by atoms with van der Waals surface area (Å²) < 4.78 is 18.2. The van der Waals surface area contributed by atoms with E-state index in [0.29, 0.717) is 41.6 Å². The molecular weight excluding hydrogens is 608 g/mol. The van der Waals surface area contributed by atoms with Crippen LogP contribution >= 0.6 is 0 Å². The average Bonchev–Trinajstić information content (AvgIpc) is 3.50. The van der Waals surface area contributed by atoms with E-state index in [2.05, 4.69) is 22.0 Å². The number of piperidine rings is 1. The van der Waals surface area contributed by atoms with Gasteiger partial charge >= 0.3 is 0 Å². The molecule has 0 saturated carbocycles. The minimum Gasteiger partial charge on any atom is -0.493 e. The topological polar surface area (TPSA) is 103 Å². The Morgan fingerprint density at radius 2 is 1.56 bits per heavy atom. The molecule has 48 heavy (non-hydrogen) atoms. The van der Waals surface area contributed by atoms with E-state index in [1.165, 1.54) is 26.9 Å². The fourth-order valence-electron chi connectivity index (χ4n) is 6.58. The maximum atomic E-state index is 13.8. The van der Waals surface area contributed by atoms with Crippen molar-refractivity contribution in [3.8, 4) is 17.2 Å². The SMILES string of the molecule is CCC(=O)Cn1c(C(=O)C2CCN(CCC(CN(C)C(=O)c3cc(OC)c(OC)c(OC)c3)c3ccccc3)CC2)nc2ccccc21. The molecule has 1 amide bonds. The summed E-state index contributed by atoms with van der Waals surface area (Å²) in [6.07, 6.45) is 2.74. The van der Waals surface area contributed by atoms with E-state index >= 15 is 0 Å². The highest BCUT2D eigenvalue weighted by molar-refractivity contribution is 5.99. The van der Waals surface area contributed by atoms with Crippen molar-refractivity contribution in [2.24, 2.45) is 5.92 Å². The summed E-state index contributed by atoms with van der Waals surface area (Å²) in [6, 6.07) is 21.3. The third-order valence-electron chi connectivity index (χ3n) is 9.38. The molecule has 0 radical (unpaired) electrons. The third kappa shape index (κ3) is 7.71. The monoisotopic (exact) mass is 654 g/mol. The Kier molecular flexibility index (Phi) is 11.5. The second kappa shape index (κ2) is 15.9. The molecule has 3 aromatic carbocycles. The highest BCUT2D eigenvalue weighted by atomic mass is 16.5. The number of hydrogen-bond donors (Lipinski definition) is 0. The first-order valence-electron chi connectivity index (χ1n) is 16.6. The molecule has 1 unspecified atom stereocenters. The number of amides is 1. The molecular formula is C38H46N4O6. The molecule has 1 atom stereocenters. The van der Waals surface area contributed by atoms with Crippen LogP contribution in [0.3, 0.4) is 0 Å². The van der Waals surface area contributed by atoms with Crippen molar-refractivity contribution in [1.29, 1.82) is 0 Å². The normalized spacial score (nSPS) is 14.4. The number of fused-ring (bicyclic) bond motifs is 1. The maximum absolute atomic E-state index is 13.8. The van der Waals surface area contributed by atoms with Crippen LogP contribution in [0, 0.1) is 5.92 Å². The predicted molar refractivity (Wildman–Crippen MR) is 185 cm³/mol. The lowest BCUT2D eigenvalue weighted by Crippen LogP contribution is -2.39. The highest BCUT2D eigenvalue weighted by Gasteiger charge is 2.30. The number of hydrogen-bond acceptors (Lipinski definition) is 8. The summed E-state index contributed by atoms with van der Waals surface area (Å²) in [6.45, 7) is 4.97. The van der Waals surface area contributed by atoms with Crippen LogP contribution in [-0.4, -0.2) is 91.4 Å². The van der Waals surface area contributed by atoms with Gasteiger partial charge in [-0.15, -0.1) is 0 Å². The van der Waals surface area contributed by atoms with E-state index in [4.69, 9.17) is 14.2 Å². The molecule has 0 N–H and O–H groups in total. The van der Waals surface area contributed by atoms with Crippen molar-refractivity contribution in [2.45, 2.75) is 45.1 Å². The minimum absolute atomic E-state index is 0.0174. The summed E-state index contributed by atoms with van der Waals surface area (Å²) in [4.78, 5) is 48.6. The number of likely N-dealkylation sites (tertiary alicyclic amines) is 1. The van der Waals surface area contributed by atoms with Gasteiger partial charge in [-0.05, 0) is 68.7 Å². The number of Topliss-reactive ketones (excluding diaryl/α,β-unsaturated/α-hetero) is 2. The first-order chi connectivity index (χ1) is 23.3. The molecule has 0 bridgehead atoms. The largest absolute Gasteiger partial charge is 0.493 e. The molecule has 10 nitrogen and oxygen atoms in total. The zero-order valence-corrected chi connectivity index (χ0v) is 28.6. The molecule has 2 heterocycles. The van der Waals surface area contributed by atoms with Gasteiger partial charge < -0.3 is 28.6 Å². The molecule has 4 aromatic rings. The number of carbonyl (C=O) groups is 3. The highest BCUT2D eigenvalue weighted by Crippen LogP contribution is 2.38. The standard InChI is InChI=1S/C38H46N4O6/c1-6-30(43)25-42-32-15-11-10-14-31(32)39-37(42)35(44)27-16-19-41(20-17-27)21-18-28(26-12-8-7-9-13-26)24-40(2)38(45)29-22-33(46-3)36(48-5)34(23-29)47-4/h7-15,22-23,27-28H,6,16-21,24-25H2,1-5H3. The molecule has 1 aliphatic rings. The van der Waals surface area contributed by atoms with Gasteiger partial charge in [-0.3, -0.25) is 14.4 Å². The number of ether oxygens (including phenoxy) is 3. The van der Waals surface area contributed by atoms with Crippen LogP contribution < -0.4 is 14.2 Å². The summed E-state index contributed by atoms with van der Waals surface area (Å²) in [7, 11) is 6.42. The van der Waals surface area contributed by atoms with E-state index < -0.39 is 0 Å². The Balaban J connectivity index is 1.24. The van der Waals surface area contributed by atoms with Crippen LogP contribution in [0.1, 0.15) is 65.1 Å². The molecule has 10 heteroatoms. The summed E-state index contributed by atoms with van der Waals surface area (Å²) in [5.41, 5.74) is 3.19. The van der Waals surface area contributed by atoms with Gasteiger partial charge in [-0.25, -0.2) is 4.98 Å². The number of nitrogens with zero attached hydrogens (tertiary/aromatic N) is 4. The average molecular weight is 655 g/mol. The lowest BCUT2D eigenvalue weighted by molar-refractivity contribution is -0.119. The Morgan fingerprint density at radius 1 is 0.917 bits per heavy atom. The number of carbonyl (C=O) groups excluding carboxylic acids is 3. The van der Waals surface area contributed by atoms with Gasteiger partial charge in [-0.1, -0.05) is 49.4 Å². The lowest BCUT2D eigenvalue weighted by Gasteiger charge is -2.33. The molecule has 0 aliphatic carbocycles.